The van der Waals surface area contributed by atoms with Gasteiger partial charge in [-0.25, -0.2) is 4.79 Å². The van der Waals surface area contributed by atoms with Gasteiger partial charge in [0.2, 0.25) is 0 Å². The Labute approximate surface area is 130 Å². The topological polar surface area (TPSA) is 49.8 Å². The molecule has 1 heterocycles. The number of likely N-dealkylation sites (tertiary alicyclic amines) is 1. The van der Waals surface area contributed by atoms with Crippen molar-refractivity contribution in [1.29, 1.82) is 0 Å². The van der Waals surface area contributed by atoms with E-state index in [4.69, 9.17) is 16.3 Å². The molecule has 5 heteroatoms. The van der Waals surface area contributed by atoms with Crippen LogP contribution in [0.1, 0.15) is 38.7 Å². The van der Waals surface area contributed by atoms with E-state index in [1.807, 2.05) is 45.0 Å². The minimum Gasteiger partial charge on any atom is -0.444 e. The van der Waals surface area contributed by atoms with Crippen molar-refractivity contribution in [3.05, 3.63) is 34.9 Å². The second-order valence-corrected chi connectivity index (χ2v) is 6.88. The Bertz CT molecular complexity index is 512. The lowest BCUT2D eigenvalue weighted by molar-refractivity contribution is -0.00151. The summed E-state index contributed by atoms with van der Waals surface area (Å²) < 4.78 is 5.34. The molecule has 21 heavy (non-hydrogen) atoms. The molecule has 116 valence electrons. The summed E-state index contributed by atoms with van der Waals surface area (Å²) in [5.74, 6) is 0.00221. The van der Waals surface area contributed by atoms with E-state index in [2.05, 4.69) is 0 Å². The zero-order valence-electron chi connectivity index (χ0n) is 12.7. The lowest BCUT2D eigenvalue weighted by Crippen LogP contribution is -2.47. The molecule has 1 aromatic carbocycles. The quantitative estimate of drug-likeness (QED) is 0.864. The predicted octanol–water partition coefficient (Wildman–Crippen LogP) is 3.43. The number of halogens is 1. The van der Waals surface area contributed by atoms with E-state index in [1.54, 1.807) is 4.90 Å². The van der Waals surface area contributed by atoms with Crippen molar-refractivity contribution in [2.45, 2.75) is 44.8 Å². The molecular formula is C16H22ClNO3. The Balaban J connectivity index is 2.01. The first-order valence-corrected chi connectivity index (χ1v) is 7.55. The molecule has 1 fully saturated rings. The summed E-state index contributed by atoms with van der Waals surface area (Å²) in [4.78, 5) is 13.6. The molecule has 0 aliphatic carbocycles. The van der Waals surface area contributed by atoms with Gasteiger partial charge < -0.3 is 14.7 Å². The highest BCUT2D eigenvalue weighted by Crippen LogP contribution is 2.30. The van der Waals surface area contributed by atoms with Gasteiger partial charge >= 0.3 is 6.09 Å². The number of benzene rings is 1. The third-order valence-corrected chi connectivity index (χ3v) is 3.75. The third kappa shape index (κ3) is 4.35. The average Bonchev–Trinajstić information content (AvgIpc) is 2.36. The normalized spacial score (nSPS) is 23.0. The first-order valence-electron chi connectivity index (χ1n) is 7.18. The van der Waals surface area contributed by atoms with Crippen LogP contribution in [0.4, 0.5) is 4.79 Å². The van der Waals surface area contributed by atoms with Crippen molar-refractivity contribution in [2.24, 2.45) is 0 Å². The molecule has 1 aliphatic heterocycles. The van der Waals surface area contributed by atoms with E-state index < -0.39 is 11.7 Å². The number of carbonyl (C=O) groups is 1. The molecule has 0 aromatic heterocycles. The summed E-state index contributed by atoms with van der Waals surface area (Å²) in [5, 5.41) is 11.0. The van der Waals surface area contributed by atoms with Gasteiger partial charge in [-0.05, 0) is 44.9 Å². The summed E-state index contributed by atoms with van der Waals surface area (Å²) >= 11 is 6.00. The van der Waals surface area contributed by atoms with Crippen LogP contribution in [0.5, 0.6) is 0 Å². The third-order valence-electron chi connectivity index (χ3n) is 3.51. The van der Waals surface area contributed by atoms with Crippen LogP contribution in [0.3, 0.4) is 0 Å². The number of aliphatic hydroxyl groups is 1. The van der Waals surface area contributed by atoms with Gasteiger partial charge in [-0.15, -0.1) is 0 Å². The minimum absolute atomic E-state index is 0.00221. The van der Waals surface area contributed by atoms with Crippen molar-refractivity contribution in [2.75, 3.05) is 13.1 Å². The number of piperidine rings is 1. The number of aliphatic hydroxyl groups excluding tert-OH is 1. The highest BCUT2D eigenvalue weighted by atomic mass is 35.5. The molecular weight excluding hydrogens is 290 g/mol. The summed E-state index contributed by atoms with van der Waals surface area (Å²) in [5.41, 5.74) is 0.491. The van der Waals surface area contributed by atoms with E-state index in [0.29, 0.717) is 18.0 Å². The Morgan fingerprint density at radius 2 is 2.14 bits per heavy atom. The van der Waals surface area contributed by atoms with Crippen molar-refractivity contribution in [3.8, 4) is 0 Å². The number of carbonyl (C=O) groups excluding carboxylic acids is 1. The molecule has 2 rings (SSSR count). The van der Waals surface area contributed by atoms with Crippen LogP contribution < -0.4 is 0 Å². The smallest absolute Gasteiger partial charge is 0.410 e. The fourth-order valence-corrected chi connectivity index (χ4v) is 2.75. The number of hydrogen-bond acceptors (Lipinski definition) is 3. The van der Waals surface area contributed by atoms with Crippen molar-refractivity contribution in [1.82, 2.24) is 4.90 Å². The maximum atomic E-state index is 12.0. The minimum atomic E-state index is -0.607. The average molecular weight is 312 g/mol. The molecule has 1 saturated heterocycles. The van der Waals surface area contributed by atoms with Gasteiger partial charge in [0.1, 0.15) is 5.60 Å². The fourth-order valence-electron chi connectivity index (χ4n) is 2.55. The summed E-state index contributed by atoms with van der Waals surface area (Å²) in [6.45, 7) is 6.36. The SMILES string of the molecule is CC(C)(C)OC(=O)N1CCC(c2cccc(Cl)c2)C(O)C1. The van der Waals surface area contributed by atoms with Crippen molar-refractivity contribution < 1.29 is 14.6 Å². The zero-order valence-corrected chi connectivity index (χ0v) is 13.4. The highest BCUT2D eigenvalue weighted by molar-refractivity contribution is 6.30. The molecule has 1 aliphatic rings. The number of β-amino-alcohol motifs (C(OH)–C–C–N with tert-alkyl or cyclic N) is 1. The van der Waals surface area contributed by atoms with Gasteiger partial charge in [-0.1, -0.05) is 23.7 Å². The maximum absolute atomic E-state index is 12.0. The van der Waals surface area contributed by atoms with E-state index >= 15 is 0 Å². The molecule has 1 aromatic rings. The number of nitrogens with zero attached hydrogens (tertiary/aromatic N) is 1. The Morgan fingerprint density at radius 3 is 2.71 bits per heavy atom. The molecule has 0 saturated carbocycles. The predicted molar refractivity (Wildman–Crippen MR) is 82.6 cm³/mol. The lowest BCUT2D eigenvalue weighted by atomic mass is 9.87. The van der Waals surface area contributed by atoms with Crippen LogP contribution in [0.25, 0.3) is 0 Å². The van der Waals surface area contributed by atoms with Crippen LogP contribution in [0.15, 0.2) is 24.3 Å². The molecule has 1 N–H and O–H groups in total. The Hall–Kier alpha value is -1.26. The largest absolute Gasteiger partial charge is 0.444 e. The Morgan fingerprint density at radius 1 is 1.43 bits per heavy atom. The first kappa shape index (κ1) is 16.1. The van der Waals surface area contributed by atoms with Gasteiger partial charge in [-0.3, -0.25) is 0 Å². The number of rotatable bonds is 1. The van der Waals surface area contributed by atoms with Crippen molar-refractivity contribution >= 4 is 17.7 Å². The van der Waals surface area contributed by atoms with Gasteiger partial charge in [0.15, 0.2) is 0 Å². The lowest BCUT2D eigenvalue weighted by Gasteiger charge is -2.36. The van der Waals surface area contributed by atoms with Crippen LogP contribution in [0, 0.1) is 0 Å². The molecule has 0 radical (unpaired) electrons. The Kier molecular flexibility index (Phi) is 4.79. The number of hydrogen-bond donors (Lipinski definition) is 1. The van der Waals surface area contributed by atoms with Crippen LogP contribution in [-0.4, -0.2) is 40.9 Å². The number of ether oxygens (including phenoxy) is 1. The highest BCUT2D eigenvalue weighted by Gasteiger charge is 2.33. The van der Waals surface area contributed by atoms with E-state index in [1.165, 1.54) is 0 Å². The molecule has 1 amide bonds. The van der Waals surface area contributed by atoms with Crippen LogP contribution in [-0.2, 0) is 4.74 Å². The molecule has 0 spiro atoms. The van der Waals surface area contributed by atoms with E-state index in [0.717, 1.165) is 5.56 Å². The molecule has 0 bridgehead atoms. The summed E-state index contributed by atoms with van der Waals surface area (Å²) in [6.07, 6.45) is -0.281. The monoisotopic (exact) mass is 311 g/mol. The van der Waals surface area contributed by atoms with Crippen molar-refractivity contribution in [3.63, 3.8) is 0 Å². The van der Waals surface area contributed by atoms with Crippen LogP contribution in [0.2, 0.25) is 5.02 Å². The second-order valence-electron chi connectivity index (χ2n) is 6.44. The zero-order chi connectivity index (χ0) is 15.6. The van der Waals surface area contributed by atoms with Gasteiger partial charge in [-0.2, -0.15) is 0 Å². The summed E-state index contributed by atoms with van der Waals surface area (Å²) in [7, 11) is 0. The first-order chi connectivity index (χ1) is 9.76. The molecule has 4 nitrogen and oxygen atoms in total. The van der Waals surface area contributed by atoms with Gasteiger partial charge in [0.25, 0.3) is 0 Å². The van der Waals surface area contributed by atoms with Gasteiger partial charge in [0, 0.05) is 17.5 Å². The standard InChI is InChI=1S/C16H22ClNO3/c1-16(2,3)21-15(20)18-8-7-13(14(19)10-18)11-5-4-6-12(17)9-11/h4-6,9,13-14,19H,7-8,10H2,1-3H3. The molecule has 2 atom stereocenters. The fraction of sp³-hybridized carbons (Fsp3) is 0.562. The second kappa shape index (κ2) is 6.24. The molecule has 2 unspecified atom stereocenters. The van der Waals surface area contributed by atoms with E-state index in [-0.39, 0.29) is 18.6 Å². The van der Waals surface area contributed by atoms with E-state index in [9.17, 15) is 9.90 Å². The van der Waals surface area contributed by atoms with Crippen LogP contribution >= 0.6 is 11.6 Å². The maximum Gasteiger partial charge on any atom is 0.410 e. The number of amides is 1. The van der Waals surface area contributed by atoms with Gasteiger partial charge in [0.05, 0.1) is 12.6 Å². The summed E-state index contributed by atoms with van der Waals surface area (Å²) in [6, 6.07) is 7.53.